The predicted octanol–water partition coefficient (Wildman–Crippen LogP) is 0.113. The van der Waals surface area contributed by atoms with E-state index in [0.717, 1.165) is 0 Å². The zero-order valence-corrected chi connectivity index (χ0v) is 7.16. The van der Waals surface area contributed by atoms with Crippen molar-refractivity contribution in [2.45, 2.75) is 0 Å². The molecular weight excluding hydrogens is 146 g/mol. The van der Waals surface area contributed by atoms with Gasteiger partial charge in [0.2, 0.25) is 0 Å². The molecule has 0 amide bonds. The van der Waals surface area contributed by atoms with Gasteiger partial charge in [0.25, 0.3) is 0 Å². The number of hydrogen-bond donors (Lipinski definition) is 2. The first-order valence-electron chi connectivity index (χ1n) is 2.99. The molecule has 0 bridgehead atoms. The second kappa shape index (κ2) is 5.20. The van der Waals surface area contributed by atoms with Gasteiger partial charge in [-0.1, -0.05) is 6.08 Å². The lowest BCUT2D eigenvalue weighted by Gasteiger charge is -2.14. The van der Waals surface area contributed by atoms with Gasteiger partial charge >= 0.3 is 0 Å². The molecule has 0 heterocycles. The van der Waals surface area contributed by atoms with Gasteiger partial charge in [-0.3, -0.25) is 5.43 Å². The summed E-state index contributed by atoms with van der Waals surface area (Å²) in [4.78, 5) is 0. The van der Waals surface area contributed by atoms with Crippen LogP contribution in [0, 0.1) is 0 Å². The van der Waals surface area contributed by atoms with E-state index in [9.17, 15) is 0 Å². The molecule has 0 aromatic carbocycles. The number of hydrogen-bond acceptors (Lipinski definition) is 2. The quantitative estimate of drug-likeness (QED) is 0.347. The Morgan fingerprint density at radius 3 is 2.70 bits per heavy atom. The lowest BCUT2D eigenvalue weighted by molar-refractivity contribution is 0.360. The Kier molecular flexibility index (Phi) is 4.88. The van der Waals surface area contributed by atoms with Crippen LogP contribution in [0.3, 0.4) is 0 Å². The zero-order chi connectivity index (χ0) is 7.98. The third-order valence-corrected chi connectivity index (χ3v) is 0.968. The molecule has 0 radical (unpaired) electrons. The van der Waals surface area contributed by atoms with E-state index in [1.54, 1.807) is 11.1 Å². The van der Waals surface area contributed by atoms with Crippen molar-refractivity contribution in [3.8, 4) is 0 Å². The van der Waals surface area contributed by atoms with Crippen molar-refractivity contribution in [2.24, 2.45) is 0 Å². The summed E-state index contributed by atoms with van der Waals surface area (Å²) in [7, 11) is 3.75. The Bertz CT molecular complexity index is 122. The van der Waals surface area contributed by atoms with E-state index < -0.39 is 0 Å². The third kappa shape index (κ3) is 5.53. The summed E-state index contributed by atoms with van der Waals surface area (Å²) in [5.41, 5.74) is 2.88. The number of nitrogens with one attached hydrogen (secondary N) is 2. The zero-order valence-electron chi connectivity index (χ0n) is 6.35. The molecule has 3 nitrogen and oxygen atoms in total. The topological polar surface area (TPSA) is 27.3 Å². The van der Waals surface area contributed by atoms with Crippen LogP contribution in [0.15, 0.2) is 12.7 Å². The minimum Gasteiger partial charge on any atom is -0.358 e. The maximum Gasteiger partial charge on any atom is 0.181 e. The van der Waals surface area contributed by atoms with Crippen LogP contribution in [0.1, 0.15) is 0 Å². The molecule has 0 aliphatic rings. The van der Waals surface area contributed by atoms with Gasteiger partial charge in [-0.2, -0.15) is 0 Å². The number of nitrogens with zero attached hydrogens (tertiary/aromatic N) is 1. The minimum atomic E-state index is 0.616. The van der Waals surface area contributed by atoms with E-state index in [1.165, 1.54) is 0 Å². The monoisotopic (exact) mass is 159 g/mol. The lowest BCUT2D eigenvalue weighted by Crippen LogP contribution is -2.43. The first kappa shape index (κ1) is 9.39. The molecule has 0 fully saturated rings. The molecule has 0 aromatic rings. The average Bonchev–Trinajstić information content (AvgIpc) is 1.82. The number of thiocarbonyl (C=S) groups is 1. The van der Waals surface area contributed by atoms with Crippen LogP contribution >= 0.6 is 12.2 Å². The summed E-state index contributed by atoms with van der Waals surface area (Å²) < 4.78 is 0. The van der Waals surface area contributed by atoms with Crippen LogP contribution in [0.5, 0.6) is 0 Å². The van der Waals surface area contributed by atoms with E-state index in [2.05, 4.69) is 17.3 Å². The van der Waals surface area contributed by atoms with Crippen LogP contribution < -0.4 is 10.7 Å². The van der Waals surface area contributed by atoms with Crippen LogP contribution in [0.4, 0.5) is 0 Å². The van der Waals surface area contributed by atoms with Gasteiger partial charge in [0.1, 0.15) is 0 Å². The second-order valence-corrected chi connectivity index (χ2v) is 2.41. The summed E-state index contributed by atoms with van der Waals surface area (Å²) in [5, 5.41) is 5.32. The van der Waals surface area contributed by atoms with E-state index in [-0.39, 0.29) is 0 Å². The van der Waals surface area contributed by atoms with Gasteiger partial charge in [-0.25, -0.2) is 5.01 Å². The Balaban J connectivity index is 3.34. The predicted molar refractivity (Wildman–Crippen MR) is 47.6 cm³/mol. The highest BCUT2D eigenvalue weighted by Gasteiger charge is 1.91. The first-order valence-corrected chi connectivity index (χ1v) is 3.40. The van der Waals surface area contributed by atoms with Crippen molar-refractivity contribution < 1.29 is 0 Å². The van der Waals surface area contributed by atoms with Crippen molar-refractivity contribution in [3.05, 3.63) is 12.7 Å². The number of rotatable bonds is 3. The van der Waals surface area contributed by atoms with E-state index in [0.29, 0.717) is 11.7 Å². The molecule has 58 valence electrons. The Labute approximate surface area is 67.1 Å². The van der Waals surface area contributed by atoms with Crippen molar-refractivity contribution in [1.82, 2.24) is 15.8 Å². The third-order valence-electron chi connectivity index (χ3n) is 0.732. The van der Waals surface area contributed by atoms with Gasteiger partial charge in [0.05, 0.1) is 0 Å². The Hall–Kier alpha value is -0.610. The molecule has 2 N–H and O–H groups in total. The molecule has 4 heteroatoms. The maximum absolute atomic E-state index is 4.88. The van der Waals surface area contributed by atoms with Gasteiger partial charge in [0.15, 0.2) is 5.11 Å². The summed E-state index contributed by atoms with van der Waals surface area (Å²) in [6, 6.07) is 0. The maximum atomic E-state index is 4.88. The molecule has 0 unspecified atom stereocenters. The van der Waals surface area contributed by atoms with E-state index in [4.69, 9.17) is 12.2 Å². The fourth-order valence-electron chi connectivity index (χ4n) is 0.407. The highest BCUT2D eigenvalue weighted by molar-refractivity contribution is 7.80. The molecule has 10 heavy (non-hydrogen) atoms. The number of hydrazine groups is 1. The molecule has 0 saturated heterocycles. The summed E-state index contributed by atoms with van der Waals surface area (Å²) in [6.45, 7) is 4.24. The van der Waals surface area contributed by atoms with Crippen molar-refractivity contribution in [2.75, 3.05) is 20.6 Å². The first-order chi connectivity index (χ1) is 4.66. The summed E-state index contributed by atoms with van der Waals surface area (Å²) in [6.07, 6.45) is 1.75. The summed E-state index contributed by atoms with van der Waals surface area (Å²) >= 11 is 4.88. The Morgan fingerprint density at radius 2 is 2.30 bits per heavy atom. The van der Waals surface area contributed by atoms with E-state index in [1.807, 2.05) is 14.1 Å². The average molecular weight is 159 g/mol. The van der Waals surface area contributed by atoms with E-state index >= 15 is 0 Å². The highest BCUT2D eigenvalue weighted by Crippen LogP contribution is 1.68. The van der Waals surface area contributed by atoms with Gasteiger partial charge in [0, 0.05) is 20.6 Å². The lowest BCUT2D eigenvalue weighted by atomic mass is 10.6. The van der Waals surface area contributed by atoms with Gasteiger partial charge in [-0.15, -0.1) is 6.58 Å². The van der Waals surface area contributed by atoms with Gasteiger partial charge < -0.3 is 5.32 Å². The molecule has 0 aliphatic carbocycles. The fraction of sp³-hybridized carbons (Fsp3) is 0.500. The van der Waals surface area contributed by atoms with Crippen molar-refractivity contribution >= 4 is 17.3 Å². The van der Waals surface area contributed by atoms with Crippen LogP contribution in [0.25, 0.3) is 0 Å². The molecule has 0 rings (SSSR count). The Morgan fingerprint density at radius 1 is 1.70 bits per heavy atom. The normalized spacial score (nSPS) is 9.10. The van der Waals surface area contributed by atoms with Crippen molar-refractivity contribution in [3.63, 3.8) is 0 Å². The van der Waals surface area contributed by atoms with Gasteiger partial charge in [-0.05, 0) is 12.2 Å². The molecule has 0 aliphatic heterocycles. The minimum absolute atomic E-state index is 0.616. The molecule has 0 aromatic heterocycles. The molecular formula is C6H13N3S. The van der Waals surface area contributed by atoms with Crippen LogP contribution in [-0.2, 0) is 0 Å². The second-order valence-electron chi connectivity index (χ2n) is 2.00. The molecule has 0 spiro atoms. The molecule has 0 saturated carbocycles. The molecule has 0 atom stereocenters. The standard InChI is InChI=1S/C6H13N3S/c1-4-5-7-6(10)8-9(2)3/h4H,1,5H2,2-3H3,(H2,7,8,10). The fourth-order valence-corrected chi connectivity index (χ4v) is 0.673. The highest BCUT2D eigenvalue weighted by atomic mass is 32.1. The van der Waals surface area contributed by atoms with Crippen LogP contribution in [0.2, 0.25) is 0 Å². The van der Waals surface area contributed by atoms with Crippen molar-refractivity contribution in [1.29, 1.82) is 0 Å². The SMILES string of the molecule is C=CCNC(=S)NN(C)C. The smallest absolute Gasteiger partial charge is 0.181 e. The summed E-state index contributed by atoms with van der Waals surface area (Å²) in [5.74, 6) is 0. The largest absolute Gasteiger partial charge is 0.358 e. The van der Waals surface area contributed by atoms with Crippen LogP contribution in [-0.4, -0.2) is 30.8 Å².